The Morgan fingerprint density at radius 3 is 2.67 bits per heavy atom. The maximum atomic E-state index is 5.46. The summed E-state index contributed by atoms with van der Waals surface area (Å²) in [5, 5.41) is 3.66. The number of rotatable bonds is 4. The molecule has 2 rings (SSSR count). The average Bonchev–Trinajstić information content (AvgIpc) is 2.34. The highest BCUT2D eigenvalue weighted by Gasteiger charge is 2.32. The minimum Gasteiger partial charge on any atom is -0.494 e. The van der Waals surface area contributed by atoms with E-state index in [2.05, 4.69) is 31.3 Å². The van der Waals surface area contributed by atoms with E-state index in [1.54, 1.807) is 0 Å². The summed E-state index contributed by atoms with van der Waals surface area (Å²) < 4.78 is 5.46. The molecule has 100 valence electrons. The maximum Gasteiger partial charge on any atom is 0.119 e. The van der Waals surface area contributed by atoms with Crippen molar-refractivity contribution in [3.8, 4) is 5.75 Å². The summed E-state index contributed by atoms with van der Waals surface area (Å²) in [5.41, 5.74) is 1.57. The zero-order valence-electron chi connectivity index (χ0n) is 11.5. The number of ether oxygens (including phenoxy) is 1. The molecule has 18 heavy (non-hydrogen) atoms. The van der Waals surface area contributed by atoms with Crippen LogP contribution >= 0.6 is 11.8 Å². The molecule has 0 bridgehead atoms. The van der Waals surface area contributed by atoms with Gasteiger partial charge in [-0.15, -0.1) is 0 Å². The van der Waals surface area contributed by atoms with E-state index in [0.717, 1.165) is 12.4 Å². The Morgan fingerprint density at radius 1 is 1.33 bits per heavy atom. The molecule has 1 unspecified atom stereocenters. The van der Waals surface area contributed by atoms with Crippen LogP contribution in [0.1, 0.15) is 27.2 Å². The minimum atomic E-state index is 0.379. The third kappa shape index (κ3) is 3.35. The molecule has 0 radical (unpaired) electrons. The van der Waals surface area contributed by atoms with Gasteiger partial charge in [0, 0.05) is 17.5 Å². The molecule has 0 aromatic heterocycles. The summed E-state index contributed by atoms with van der Waals surface area (Å²) in [6.45, 7) is 7.45. The van der Waals surface area contributed by atoms with Crippen molar-refractivity contribution < 1.29 is 4.74 Å². The number of anilines is 1. The van der Waals surface area contributed by atoms with Crippen LogP contribution in [-0.2, 0) is 0 Å². The van der Waals surface area contributed by atoms with Gasteiger partial charge in [-0.25, -0.2) is 0 Å². The van der Waals surface area contributed by atoms with Gasteiger partial charge in [0.2, 0.25) is 0 Å². The molecule has 1 fully saturated rings. The molecule has 1 aromatic rings. The second-order valence-electron chi connectivity index (χ2n) is 5.47. The van der Waals surface area contributed by atoms with Gasteiger partial charge in [-0.2, -0.15) is 11.8 Å². The SMILES string of the molecule is CCOc1ccc(NC2CSCCC2(C)C)cc1. The van der Waals surface area contributed by atoms with E-state index in [-0.39, 0.29) is 0 Å². The Hall–Kier alpha value is -0.830. The van der Waals surface area contributed by atoms with Gasteiger partial charge in [-0.3, -0.25) is 0 Å². The van der Waals surface area contributed by atoms with Gasteiger partial charge in [-0.05, 0) is 48.8 Å². The van der Waals surface area contributed by atoms with E-state index in [1.165, 1.54) is 23.6 Å². The lowest BCUT2D eigenvalue weighted by molar-refractivity contribution is 0.305. The van der Waals surface area contributed by atoms with Crippen LogP contribution in [0.25, 0.3) is 0 Å². The summed E-state index contributed by atoms with van der Waals surface area (Å²) in [6, 6.07) is 8.85. The molecule has 1 saturated heterocycles. The smallest absolute Gasteiger partial charge is 0.119 e. The Kier molecular flexibility index (Phi) is 4.44. The van der Waals surface area contributed by atoms with Crippen LogP contribution in [0.2, 0.25) is 0 Å². The highest BCUT2D eigenvalue weighted by molar-refractivity contribution is 7.99. The van der Waals surface area contributed by atoms with E-state index in [9.17, 15) is 0 Å². The normalized spacial score (nSPS) is 22.5. The highest BCUT2D eigenvalue weighted by atomic mass is 32.2. The van der Waals surface area contributed by atoms with Crippen LogP contribution in [-0.4, -0.2) is 24.2 Å². The van der Waals surface area contributed by atoms with Gasteiger partial charge in [0.1, 0.15) is 5.75 Å². The molecule has 0 spiro atoms. The first-order valence-corrected chi connectivity index (χ1v) is 7.84. The Labute approximate surface area is 114 Å². The molecule has 3 heteroatoms. The molecular formula is C15H23NOS. The van der Waals surface area contributed by atoms with Crippen LogP contribution in [0.15, 0.2) is 24.3 Å². The Bertz CT molecular complexity index is 375. The second-order valence-corrected chi connectivity index (χ2v) is 6.62. The maximum absolute atomic E-state index is 5.46. The van der Waals surface area contributed by atoms with Crippen LogP contribution < -0.4 is 10.1 Å². The van der Waals surface area contributed by atoms with Crippen molar-refractivity contribution in [2.45, 2.75) is 33.2 Å². The van der Waals surface area contributed by atoms with Gasteiger partial charge in [0.15, 0.2) is 0 Å². The Balaban J connectivity index is 1.99. The quantitative estimate of drug-likeness (QED) is 0.888. The van der Waals surface area contributed by atoms with Crippen molar-refractivity contribution in [3.05, 3.63) is 24.3 Å². The molecular weight excluding hydrogens is 242 g/mol. The van der Waals surface area contributed by atoms with E-state index in [1.807, 2.05) is 30.8 Å². The van der Waals surface area contributed by atoms with E-state index >= 15 is 0 Å². The van der Waals surface area contributed by atoms with Crippen molar-refractivity contribution >= 4 is 17.4 Å². The van der Waals surface area contributed by atoms with Gasteiger partial charge >= 0.3 is 0 Å². The van der Waals surface area contributed by atoms with Crippen LogP contribution in [0.3, 0.4) is 0 Å². The third-order valence-corrected chi connectivity index (χ3v) is 4.69. The molecule has 1 atom stereocenters. The lowest BCUT2D eigenvalue weighted by atomic mass is 9.82. The number of hydrogen-bond acceptors (Lipinski definition) is 3. The zero-order chi connectivity index (χ0) is 13.0. The first-order valence-electron chi connectivity index (χ1n) is 6.69. The lowest BCUT2D eigenvalue weighted by Gasteiger charge is -2.39. The molecule has 2 nitrogen and oxygen atoms in total. The summed E-state index contributed by atoms with van der Waals surface area (Å²) in [6.07, 6.45) is 1.28. The largest absolute Gasteiger partial charge is 0.494 e. The summed E-state index contributed by atoms with van der Waals surface area (Å²) >= 11 is 2.05. The van der Waals surface area contributed by atoms with Crippen LogP contribution in [0.4, 0.5) is 5.69 Å². The molecule has 0 aliphatic carbocycles. The van der Waals surface area contributed by atoms with E-state index in [4.69, 9.17) is 4.74 Å². The van der Waals surface area contributed by atoms with Crippen molar-refractivity contribution in [3.63, 3.8) is 0 Å². The van der Waals surface area contributed by atoms with E-state index < -0.39 is 0 Å². The topological polar surface area (TPSA) is 21.3 Å². The van der Waals surface area contributed by atoms with Gasteiger partial charge in [0.25, 0.3) is 0 Å². The minimum absolute atomic E-state index is 0.379. The molecule has 0 amide bonds. The summed E-state index contributed by atoms with van der Waals surface area (Å²) in [4.78, 5) is 0. The molecule has 1 heterocycles. The van der Waals surface area contributed by atoms with Crippen molar-refractivity contribution in [1.29, 1.82) is 0 Å². The fraction of sp³-hybridized carbons (Fsp3) is 0.600. The van der Waals surface area contributed by atoms with Crippen molar-refractivity contribution in [2.24, 2.45) is 5.41 Å². The Morgan fingerprint density at radius 2 is 2.06 bits per heavy atom. The number of thioether (sulfide) groups is 1. The third-order valence-electron chi connectivity index (χ3n) is 3.62. The first-order chi connectivity index (χ1) is 8.62. The zero-order valence-corrected chi connectivity index (χ0v) is 12.3. The van der Waals surface area contributed by atoms with E-state index in [0.29, 0.717) is 11.5 Å². The summed E-state index contributed by atoms with van der Waals surface area (Å²) in [7, 11) is 0. The second kappa shape index (κ2) is 5.87. The number of hydrogen-bond donors (Lipinski definition) is 1. The van der Waals surface area contributed by atoms with Crippen LogP contribution in [0.5, 0.6) is 5.75 Å². The standard InChI is InChI=1S/C15H23NOS/c1-4-17-13-7-5-12(6-8-13)16-14-11-18-10-9-15(14,2)3/h5-8,14,16H,4,9-11H2,1-3H3. The predicted molar refractivity (Wildman–Crippen MR) is 80.7 cm³/mol. The fourth-order valence-electron chi connectivity index (χ4n) is 2.19. The molecule has 0 saturated carbocycles. The fourth-order valence-corrected chi connectivity index (χ4v) is 3.80. The van der Waals surface area contributed by atoms with Crippen LogP contribution in [0, 0.1) is 5.41 Å². The van der Waals surface area contributed by atoms with Gasteiger partial charge in [-0.1, -0.05) is 13.8 Å². The number of benzene rings is 1. The van der Waals surface area contributed by atoms with Crippen molar-refractivity contribution in [1.82, 2.24) is 0 Å². The number of nitrogens with one attached hydrogen (secondary N) is 1. The summed E-state index contributed by atoms with van der Waals surface area (Å²) in [5.74, 6) is 3.43. The molecule has 1 aliphatic heterocycles. The van der Waals surface area contributed by atoms with Crippen molar-refractivity contribution in [2.75, 3.05) is 23.4 Å². The van der Waals surface area contributed by atoms with Gasteiger partial charge in [0.05, 0.1) is 6.61 Å². The highest BCUT2D eigenvalue weighted by Crippen LogP contribution is 2.36. The first kappa shape index (κ1) is 13.6. The monoisotopic (exact) mass is 265 g/mol. The lowest BCUT2D eigenvalue weighted by Crippen LogP contribution is -2.41. The predicted octanol–water partition coefficient (Wildman–Crippen LogP) is 4.03. The molecule has 1 aromatic carbocycles. The molecule has 1 aliphatic rings. The average molecular weight is 265 g/mol. The van der Waals surface area contributed by atoms with Gasteiger partial charge < -0.3 is 10.1 Å². The molecule has 1 N–H and O–H groups in total.